The van der Waals surface area contributed by atoms with Crippen LogP contribution in [0.1, 0.15) is 52.0 Å². The Morgan fingerprint density at radius 1 is 1.14 bits per heavy atom. The van der Waals surface area contributed by atoms with Crippen molar-refractivity contribution in [3.63, 3.8) is 0 Å². The molecule has 0 radical (unpaired) electrons. The molecule has 0 amide bonds. The van der Waals surface area contributed by atoms with E-state index in [1.165, 1.54) is 18.4 Å². The second kappa shape index (κ2) is 4.63. The molecule has 0 heteroatoms. The monoisotopic (exact) mass is 190 g/mol. The van der Waals surface area contributed by atoms with Crippen LogP contribution in [0.2, 0.25) is 0 Å². The zero-order chi connectivity index (χ0) is 10.6. The highest BCUT2D eigenvalue weighted by Gasteiger charge is 2.25. The standard InChI is InChI=1S/C14H22/c1-5-11-14(3,4)12(2)13-9-7-6-8-10-13/h6-10,12H,5,11H2,1-4H3. The summed E-state index contributed by atoms with van der Waals surface area (Å²) < 4.78 is 0. The minimum absolute atomic E-state index is 0.413. The van der Waals surface area contributed by atoms with Gasteiger partial charge in [0.1, 0.15) is 0 Å². The minimum atomic E-state index is 0.413. The molecule has 0 bridgehead atoms. The largest absolute Gasteiger partial charge is 0.0654 e. The third kappa shape index (κ3) is 2.60. The fourth-order valence-corrected chi connectivity index (χ4v) is 2.05. The fourth-order valence-electron chi connectivity index (χ4n) is 2.05. The summed E-state index contributed by atoms with van der Waals surface area (Å²) in [6.07, 6.45) is 2.56. The lowest BCUT2D eigenvalue weighted by molar-refractivity contribution is 0.273. The Balaban J connectivity index is 2.79. The van der Waals surface area contributed by atoms with Gasteiger partial charge in [-0.3, -0.25) is 0 Å². The van der Waals surface area contributed by atoms with Crippen molar-refractivity contribution < 1.29 is 0 Å². The van der Waals surface area contributed by atoms with E-state index >= 15 is 0 Å². The molecule has 0 heterocycles. The van der Waals surface area contributed by atoms with Crippen LogP contribution >= 0.6 is 0 Å². The molecule has 0 saturated carbocycles. The van der Waals surface area contributed by atoms with Crippen molar-refractivity contribution in [3.8, 4) is 0 Å². The van der Waals surface area contributed by atoms with Crippen molar-refractivity contribution in [1.29, 1.82) is 0 Å². The van der Waals surface area contributed by atoms with Crippen LogP contribution in [-0.4, -0.2) is 0 Å². The van der Waals surface area contributed by atoms with E-state index in [1.807, 2.05) is 0 Å². The molecule has 0 aliphatic carbocycles. The number of rotatable bonds is 4. The molecule has 1 rings (SSSR count). The summed E-state index contributed by atoms with van der Waals surface area (Å²) in [5.41, 5.74) is 1.88. The van der Waals surface area contributed by atoms with Crippen LogP contribution in [0.3, 0.4) is 0 Å². The Morgan fingerprint density at radius 3 is 2.21 bits per heavy atom. The van der Waals surface area contributed by atoms with Gasteiger partial charge in [0.25, 0.3) is 0 Å². The highest BCUT2D eigenvalue weighted by Crippen LogP contribution is 2.38. The summed E-state index contributed by atoms with van der Waals surface area (Å²) in [4.78, 5) is 0. The van der Waals surface area contributed by atoms with Gasteiger partial charge in [-0.15, -0.1) is 0 Å². The van der Waals surface area contributed by atoms with E-state index in [2.05, 4.69) is 58.0 Å². The van der Waals surface area contributed by atoms with Crippen molar-refractivity contribution in [1.82, 2.24) is 0 Å². The molecule has 0 fully saturated rings. The van der Waals surface area contributed by atoms with Gasteiger partial charge in [0, 0.05) is 0 Å². The Kier molecular flexibility index (Phi) is 3.74. The molecular formula is C14H22. The van der Waals surface area contributed by atoms with Gasteiger partial charge in [0.05, 0.1) is 0 Å². The third-order valence-electron chi connectivity index (χ3n) is 3.37. The first kappa shape index (κ1) is 11.3. The van der Waals surface area contributed by atoms with Gasteiger partial charge >= 0.3 is 0 Å². The van der Waals surface area contributed by atoms with Crippen LogP contribution in [0.5, 0.6) is 0 Å². The SMILES string of the molecule is CCCC(C)(C)C(C)c1ccccc1. The second-order valence-electron chi connectivity index (χ2n) is 4.87. The Hall–Kier alpha value is -0.780. The van der Waals surface area contributed by atoms with Crippen LogP contribution in [0.4, 0.5) is 0 Å². The molecule has 0 nitrogen and oxygen atoms in total. The normalized spacial score (nSPS) is 14.0. The Bertz CT molecular complexity index is 259. The molecule has 0 spiro atoms. The molecule has 1 aromatic rings. The minimum Gasteiger partial charge on any atom is -0.0654 e. The first-order valence-electron chi connectivity index (χ1n) is 5.63. The number of hydrogen-bond donors (Lipinski definition) is 0. The third-order valence-corrected chi connectivity index (χ3v) is 3.37. The fraction of sp³-hybridized carbons (Fsp3) is 0.571. The highest BCUT2D eigenvalue weighted by atomic mass is 14.3. The van der Waals surface area contributed by atoms with Crippen LogP contribution in [-0.2, 0) is 0 Å². The van der Waals surface area contributed by atoms with Crippen LogP contribution < -0.4 is 0 Å². The lowest BCUT2D eigenvalue weighted by Crippen LogP contribution is -2.19. The molecule has 1 unspecified atom stereocenters. The average Bonchev–Trinajstić information content (AvgIpc) is 2.18. The zero-order valence-corrected chi connectivity index (χ0v) is 9.88. The summed E-state index contributed by atoms with van der Waals surface area (Å²) >= 11 is 0. The van der Waals surface area contributed by atoms with Crippen molar-refractivity contribution >= 4 is 0 Å². The average molecular weight is 190 g/mol. The van der Waals surface area contributed by atoms with Gasteiger partial charge in [-0.05, 0) is 23.3 Å². The van der Waals surface area contributed by atoms with E-state index in [0.29, 0.717) is 11.3 Å². The van der Waals surface area contributed by atoms with E-state index in [0.717, 1.165) is 0 Å². The molecule has 1 aromatic carbocycles. The predicted molar refractivity (Wildman–Crippen MR) is 63.5 cm³/mol. The van der Waals surface area contributed by atoms with Crippen molar-refractivity contribution in [3.05, 3.63) is 35.9 Å². The highest BCUT2D eigenvalue weighted by molar-refractivity contribution is 5.20. The lowest BCUT2D eigenvalue weighted by atomic mass is 9.73. The first-order chi connectivity index (χ1) is 6.58. The van der Waals surface area contributed by atoms with Gasteiger partial charge in [0.2, 0.25) is 0 Å². The Labute approximate surface area is 88.4 Å². The van der Waals surface area contributed by atoms with Crippen LogP contribution in [0.25, 0.3) is 0 Å². The maximum atomic E-state index is 2.37. The summed E-state index contributed by atoms with van der Waals surface area (Å²) in [7, 11) is 0. The molecule has 14 heavy (non-hydrogen) atoms. The summed E-state index contributed by atoms with van der Waals surface area (Å²) in [6.45, 7) is 9.34. The molecular weight excluding hydrogens is 168 g/mol. The van der Waals surface area contributed by atoms with Crippen molar-refractivity contribution in [2.75, 3.05) is 0 Å². The van der Waals surface area contributed by atoms with Crippen molar-refractivity contribution in [2.24, 2.45) is 5.41 Å². The van der Waals surface area contributed by atoms with E-state index < -0.39 is 0 Å². The lowest BCUT2D eigenvalue weighted by Gasteiger charge is -2.32. The van der Waals surface area contributed by atoms with E-state index in [9.17, 15) is 0 Å². The number of hydrogen-bond acceptors (Lipinski definition) is 0. The van der Waals surface area contributed by atoms with Gasteiger partial charge in [-0.2, -0.15) is 0 Å². The van der Waals surface area contributed by atoms with E-state index in [1.54, 1.807) is 0 Å². The molecule has 0 aromatic heterocycles. The van der Waals surface area contributed by atoms with Gasteiger partial charge in [0.15, 0.2) is 0 Å². The molecule has 1 atom stereocenters. The predicted octanol–water partition coefficient (Wildman–Crippen LogP) is 4.62. The maximum absolute atomic E-state index is 2.37. The molecule has 0 aliphatic rings. The quantitative estimate of drug-likeness (QED) is 0.650. The van der Waals surface area contributed by atoms with Crippen LogP contribution in [0, 0.1) is 5.41 Å². The van der Waals surface area contributed by atoms with E-state index in [4.69, 9.17) is 0 Å². The van der Waals surface area contributed by atoms with E-state index in [-0.39, 0.29) is 0 Å². The molecule has 0 aliphatic heterocycles. The topological polar surface area (TPSA) is 0 Å². The first-order valence-corrected chi connectivity index (χ1v) is 5.63. The zero-order valence-electron chi connectivity index (χ0n) is 9.88. The maximum Gasteiger partial charge on any atom is -0.0139 e. The summed E-state index contributed by atoms with van der Waals surface area (Å²) in [5, 5.41) is 0. The molecule has 0 N–H and O–H groups in total. The second-order valence-corrected chi connectivity index (χ2v) is 4.87. The molecule has 78 valence electrons. The molecule has 0 saturated heterocycles. The smallest absolute Gasteiger partial charge is 0.0139 e. The summed E-state index contributed by atoms with van der Waals surface area (Å²) in [5.74, 6) is 0.642. The van der Waals surface area contributed by atoms with Gasteiger partial charge < -0.3 is 0 Å². The summed E-state index contributed by atoms with van der Waals surface area (Å²) in [6, 6.07) is 10.8. The Morgan fingerprint density at radius 2 is 1.71 bits per heavy atom. The number of benzene rings is 1. The van der Waals surface area contributed by atoms with Gasteiger partial charge in [-0.1, -0.05) is 64.4 Å². The van der Waals surface area contributed by atoms with Crippen LogP contribution in [0.15, 0.2) is 30.3 Å². The van der Waals surface area contributed by atoms with Crippen molar-refractivity contribution in [2.45, 2.75) is 46.5 Å². The van der Waals surface area contributed by atoms with Gasteiger partial charge in [-0.25, -0.2) is 0 Å².